The molecule has 0 saturated carbocycles. The average Bonchev–Trinajstić information content (AvgIpc) is 2.47. The summed E-state index contributed by atoms with van der Waals surface area (Å²) < 4.78 is 0. The Hall–Kier alpha value is -1.56. The van der Waals surface area contributed by atoms with Gasteiger partial charge in [0.05, 0.1) is 0 Å². The lowest BCUT2D eigenvalue weighted by Crippen LogP contribution is -2.23. The first-order valence-corrected chi connectivity index (χ1v) is 7.76. The summed E-state index contributed by atoms with van der Waals surface area (Å²) in [6.07, 6.45) is 9.14. The molecule has 0 bridgehead atoms. The maximum atomic E-state index is 2.38. The van der Waals surface area contributed by atoms with E-state index in [9.17, 15) is 0 Å². The van der Waals surface area contributed by atoms with E-state index in [1.54, 1.807) is 11.1 Å². The molecule has 0 spiro atoms. The van der Waals surface area contributed by atoms with Gasteiger partial charge in [0.25, 0.3) is 0 Å². The zero-order chi connectivity index (χ0) is 14.3. The fourth-order valence-electron chi connectivity index (χ4n) is 3.68. The monoisotopic (exact) mass is 264 g/mol. The van der Waals surface area contributed by atoms with Crippen LogP contribution in [0.2, 0.25) is 0 Å². The van der Waals surface area contributed by atoms with Crippen molar-refractivity contribution in [2.75, 3.05) is 0 Å². The zero-order valence-corrected chi connectivity index (χ0v) is 12.9. The molecule has 1 aromatic rings. The van der Waals surface area contributed by atoms with Crippen LogP contribution >= 0.6 is 0 Å². The molecule has 0 amide bonds. The van der Waals surface area contributed by atoms with E-state index in [1.807, 2.05) is 0 Å². The van der Waals surface area contributed by atoms with E-state index in [-0.39, 0.29) is 0 Å². The van der Waals surface area contributed by atoms with Crippen LogP contribution in [0.15, 0.2) is 54.1 Å². The summed E-state index contributed by atoms with van der Waals surface area (Å²) in [5, 5.41) is 0. The quantitative estimate of drug-likeness (QED) is 0.653. The first kappa shape index (κ1) is 13.4. The standard InChI is InChI=1S/C20H24/c1-13(2)14(3)20-15(4)16-9-5-6-10-17(16)18-11-7-8-12-19(18)20/h5-14,16-17H,1-4H3. The number of hydrogen-bond acceptors (Lipinski definition) is 0. The molecule has 0 aromatic heterocycles. The first-order chi connectivity index (χ1) is 9.61. The lowest BCUT2D eigenvalue weighted by atomic mass is 9.67. The summed E-state index contributed by atoms with van der Waals surface area (Å²) in [4.78, 5) is 0. The Morgan fingerprint density at radius 2 is 1.55 bits per heavy atom. The Morgan fingerprint density at radius 1 is 0.900 bits per heavy atom. The van der Waals surface area contributed by atoms with Gasteiger partial charge in [-0.2, -0.15) is 0 Å². The third-order valence-corrected chi connectivity index (χ3v) is 5.13. The van der Waals surface area contributed by atoms with Gasteiger partial charge in [-0.15, -0.1) is 0 Å². The fourth-order valence-corrected chi connectivity index (χ4v) is 3.68. The van der Waals surface area contributed by atoms with Gasteiger partial charge >= 0.3 is 0 Å². The first-order valence-electron chi connectivity index (χ1n) is 7.76. The maximum Gasteiger partial charge on any atom is 0.0128 e. The van der Waals surface area contributed by atoms with Crippen molar-refractivity contribution in [1.82, 2.24) is 0 Å². The number of rotatable bonds is 2. The van der Waals surface area contributed by atoms with E-state index in [4.69, 9.17) is 0 Å². The molecule has 0 fully saturated rings. The molecule has 0 saturated heterocycles. The SMILES string of the molecule is CC1=C(C(C)C(C)C)c2ccccc2C2C=CC=CC12. The molecule has 3 unspecified atom stereocenters. The third kappa shape index (κ3) is 1.98. The minimum atomic E-state index is 0.527. The van der Waals surface area contributed by atoms with E-state index in [0.29, 0.717) is 23.7 Å². The molecule has 0 heteroatoms. The van der Waals surface area contributed by atoms with Crippen LogP contribution in [0.4, 0.5) is 0 Å². The van der Waals surface area contributed by atoms with Gasteiger partial charge in [0.1, 0.15) is 0 Å². The van der Waals surface area contributed by atoms with Crippen molar-refractivity contribution in [2.45, 2.75) is 33.6 Å². The molecule has 0 aliphatic heterocycles. The van der Waals surface area contributed by atoms with E-state index >= 15 is 0 Å². The van der Waals surface area contributed by atoms with Crippen LogP contribution in [0.1, 0.15) is 44.7 Å². The molecule has 3 atom stereocenters. The maximum absolute atomic E-state index is 2.38. The van der Waals surface area contributed by atoms with Gasteiger partial charge < -0.3 is 0 Å². The largest absolute Gasteiger partial charge is 0.0764 e. The second-order valence-corrected chi connectivity index (χ2v) is 6.54. The lowest BCUT2D eigenvalue weighted by molar-refractivity contribution is 0.505. The van der Waals surface area contributed by atoms with E-state index in [0.717, 1.165) is 0 Å². The lowest BCUT2D eigenvalue weighted by Gasteiger charge is -2.37. The summed E-state index contributed by atoms with van der Waals surface area (Å²) in [6.45, 7) is 9.38. The summed E-state index contributed by atoms with van der Waals surface area (Å²) in [6, 6.07) is 8.99. The normalized spacial score (nSPS) is 25.6. The van der Waals surface area contributed by atoms with Crippen molar-refractivity contribution in [3.8, 4) is 0 Å². The van der Waals surface area contributed by atoms with Crippen molar-refractivity contribution >= 4 is 5.57 Å². The Bertz CT molecular complexity index is 598. The van der Waals surface area contributed by atoms with Gasteiger partial charge in [0.15, 0.2) is 0 Å². The zero-order valence-electron chi connectivity index (χ0n) is 12.9. The minimum Gasteiger partial charge on any atom is -0.0764 e. The second-order valence-electron chi connectivity index (χ2n) is 6.54. The van der Waals surface area contributed by atoms with Crippen LogP contribution in [-0.2, 0) is 0 Å². The van der Waals surface area contributed by atoms with Gasteiger partial charge in [0.2, 0.25) is 0 Å². The summed E-state index contributed by atoms with van der Waals surface area (Å²) in [5.74, 6) is 2.36. The Morgan fingerprint density at radius 3 is 2.25 bits per heavy atom. The van der Waals surface area contributed by atoms with Crippen LogP contribution < -0.4 is 0 Å². The molecule has 20 heavy (non-hydrogen) atoms. The molecule has 1 aromatic carbocycles. The number of benzene rings is 1. The van der Waals surface area contributed by atoms with Crippen molar-refractivity contribution in [2.24, 2.45) is 17.8 Å². The van der Waals surface area contributed by atoms with Gasteiger partial charge in [-0.25, -0.2) is 0 Å². The Balaban J connectivity index is 2.21. The highest BCUT2D eigenvalue weighted by atomic mass is 14.4. The van der Waals surface area contributed by atoms with Crippen LogP contribution in [0, 0.1) is 17.8 Å². The molecule has 0 heterocycles. The van der Waals surface area contributed by atoms with Gasteiger partial charge in [-0.1, -0.05) is 74.9 Å². The number of allylic oxidation sites excluding steroid dienone is 6. The van der Waals surface area contributed by atoms with Crippen molar-refractivity contribution < 1.29 is 0 Å². The van der Waals surface area contributed by atoms with Crippen LogP contribution in [0.3, 0.4) is 0 Å². The summed E-state index contributed by atoms with van der Waals surface area (Å²) in [5.41, 5.74) is 6.13. The molecule has 2 aliphatic rings. The highest BCUT2D eigenvalue weighted by molar-refractivity contribution is 5.77. The van der Waals surface area contributed by atoms with E-state index in [2.05, 4.69) is 76.3 Å². The molecule has 0 nitrogen and oxygen atoms in total. The van der Waals surface area contributed by atoms with Gasteiger partial charge in [-0.3, -0.25) is 0 Å². The number of hydrogen-bond donors (Lipinski definition) is 0. The molecule has 2 aliphatic carbocycles. The molecular formula is C20H24. The van der Waals surface area contributed by atoms with Gasteiger partial charge in [0, 0.05) is 11.8 Å². The van der Waals surface area contributed by atoms with E-state index < -0.39 is 0 Å². The predicted octanol–water partition coefficient (Wildman–Crippen LogP) is 5.59. The molecule has 104 valence electrons. The Kier molecular flexibility index (Phi) is 3.41. The van der Waals surface area contributed by atoms with Gasteiger partial charge in [-0.05, 0) is 35.5 Å². The summed E-state index contributed by atoms with van der Waals surface area (Å²) >= 11 is 0. The molecule has 0 radical (unpaired) electrons. The van der Waals surface area contributed by atoms with Crippen LogP contribution in [0.5, 0.6) is 0 Å². The van der Waals surface area contributed by atoms with Crippen molar-refractivity contribution in [3.63, 3.8) is 0 Å². The topological polar surface area (TPSA) is 0 Å². The molecular weight excluding hydrogens is 240 g/mol. The van der Waals surface area contributed by atoms with Crippen LogP contribution in [-0.4, -0.2) is 0 Å². The number of fused-ring (bicyclic) bond motifs is 3. The fraction of sp³-hybridized carbons (Fsp3) is 0.400. The molecule has 0 N–H and O–H groups in total. The molecule has 3 rings (SSSR count). The minimum absolute atomic E-state index is 0.527. The summed E-state index contributed by atoms with van der Waals surface area (Å²) in [7, 11) is 0. The van der Waals surface area contributed by atoms with Crippen molar-refractivity contribution in [1.29, 1.82) is 0 Å². The van der Waals surface area contributed by atoms with E-state index in [1.165, 1.54) is 11.1 Å². The smallest absolute Gasteiger partial charge is 0.0128 e. The third-order valence-electron chi connectivity index (χ3n) is 5.13. The van der Waals surface area contributed by atoms with Crippen LogP contribution in [0.25, 0.3) is 5.57 Å². The Labute approximate surface area is 122 Å². The average molecular weight is 264 g/mol. The highest BCUT2D eigenvalue weighted by Gasteiger charge is 2.33. The van der Waals surface area contributed by atoms with Crippen molar-refractivity contribution in [3.05, 3.63) is 65.3 Å². The second kappa shape index (κ2) is 5.09. The highest BCUT2D eigenvalue weighted by Crippen LogP contribution is 2.48. The predicted molar refractivity (Wildman–Crippen MR) is 87.5 cm³/mol.